The highest BCUT2D eigenvalue weighted by atomic mass is 16.8. The van der Waals surface area contributed by atoms with Crippen molar-refractivity contribution in [3.63, 3.8) is 0 Å². The summed E-state index contributed by atoms with van der Waals surface area (Å²) in [6.07, 6.45) is 64.7. The third kappa shape index (κ3) is 57.2. The van der Waals surface area contributed by atoms with Gasteiger partial charge in [-0.25, -0.2) is 0 Å². The summed E-state index contributed by atoms with van der Waals surface area (Å²) in [5, 5.41) is 0. The highest BCUT2D eigenvalue weighted by Crippen LogP contribution is 2.18. The smallest absolute Gasteiger partial charge is 0.180 e. The quantitative estimate of drug-likeness (QED) is 0.0342. The van der Waals surface area contributed by atoms with Crippen LogP contribution in [0.3, 0.4) is 0 Å². The molecule has 73 heavy (non-hydrogen) atoms. The van der Waals surface area contributed by atoms with E-state index in [0.717, 1.165) is 129 Å². The Hall–Kier alpha value is -0.800. The lowest BCUT2D eigenvalue weighted by Gasteiger charge is -2.22. The van der Waals surface area contributed by atoms with Gasteiger partial charge in [0, 0.05) is 26.4 Å². The third-order valence-corrected chi connectivity index (χ3v) is 14.2. The molecule has 436 valence electrons. The van der Waals surface area contributed by atoms with Crippen molar-refractivity contribution in [1.82, 2.24) is 0 Å². The fraction of sp³-hybridized carbons (Fsp3) is 0.939. The minimum atomic E-state index is -0.437. The molecule has 0 rings (SSSR count). The number of allylic oxidation sites excluding steroid dienone is 2. The van der Waals surface area contributed by atoms with Crippen molar-refractivity contribution in [3.05, 3.63) is 24.3 Å². The molecule has 0 aliphatic carbocycles. The van der Waals surface area contributed by atoms with Crippen molar-refractivity contribution in [2.75, 3.05) is 39.6 Å². The molecule has 2 unspecified atom stereocenters. The molecule has 0 aromatic rings. The van der Waals surface area contributed by atoms with Crippen LogP contribution in [-0.4, -0.2) is 64.8 Å². The van der Waals surface area contributed by atoms with E-state index in [2.05, 4.69) is 65.8 Å². The van der Waals surface area contributed by atoms with Crippen LogP contribution in [0.1, 0.15) is 337 Å². The van der Waals surface area contributed by atoms with E-state index in [1.807, 2.05) is 0 Å². The fourth-order valence-electron chi connectivity index (χ4n) is 9.31. The lowest BCUT2D eigenvalue weighted by Crippen LogP contribution is -2.25. The van der Waals surface area contributed by atoms with Gasteiger partial charge < -0.3 is 33.2 Å². The van der Waals surface area contributed by atoms with Crippen LogP contribution in [-0.2, 0) is 33.2 Å². The summed E-state index contributed by atoms with van der Waals surface area (Å²) in [5.41, 5.74) is 0. The molecule has 0 aliphatic rings. The fourth-order valence-corrected chi connectivity index (χ4v) is 9.31. The molecule has 0 aromatic heterocycles. The number of ether oxygens (including phenoxy) is 7. The number of unbranched alkanes of at least 4 members (excludes halogenated alkanes) is 36. The van der Waals surface area contributed by atoms with Gasteiger partial charge in [0.05, 0.1) is 13.2 Å². The van der Waals surface area contributed by atoms with Gasteiger partial charge in [-0.15, -0.1) is 0 Å². The van der Waals surface area contributed by atoms with Crippen molar-refractivity contribution in [2.45, 2.75) is 362 Å². The summed E-state index contributed by atoms with van der Waals surface area (Å²) in [5.74, 6) is 0. The van der Waals surface area contributed by atoms with Crippen LogP contribution in [0.4, 0.5) is 0 Å². The lowest BCUT2D eigenvalue weighted by molar-refractivity contribution is -0.208. The van der Waals surface area contributed by atoms with Crippen molar-refractivity contribution < 1.29 is 33.2 Å². The molecule has 0 heterocycles. The summed E-state index contributed by atoms with van der Waals surface area (Å²) in [6, 6.07) is 0. The number of rotatable bonds is 64. The predicted octanol–water partition coefficient (Wildman–Crippen LogP) is 21.6. The van der Waals surface area contributed by atoms with Gasteiger partial charge in [0.2, 0.25) is 0 Å². The van der Waals surface area contributed by atoms with E-state index in [1.54, 1.807) is 0 Å². The number of hydrogen-bond acceptors (Lipinski definition) is 7. The molecular formula is C66H130O7. The van der Waals surface area contributed by atoms with Gasteiger partial charge in [0.15, 0.2) is 25.2 Å². The summed E-state index contributed by atoms with van der Waals surface area (Å²) < 4.78 is 44.9. The van der Waals surface area contributed by atoms with Crippen LogP contribution in [0.2, 0.25) is 0 Å². The first kappa shape index (κ1) is 72.2. The van der Waals surface area contributed by atoms with Gasteiger partial charge >= 0.3 is 0 Å². The maximum atomic E-state index is 6.59. The van der Waals surface area contributed by atoms with Crippen LogP contribution < -0.4 is 0 Å². The Morgan fingerprint density at radius 3 is 0.726 bits per heavy atom. The third-order valence-electron chi connectivity index (χ3n) is 14.2. The van der Waals surface area contributed by atoms with Gasteiger partial charge in [0.1, 0.15) is 0 Å². The van der Waals surface area contributed by atoms with E-state index >= 15 is 0 Å². The van der Waals surface area contributed by atoms with Crippen LogP contribution >= 0.6 is 0 Å². The van der Waals surface area contributed by atoms with Crippen molar-refractivity contribution in [3.8, 4) is 0 Å². The monoisotopic (exact) mass is 1030 g/mol. The zero-order valence-corrected chi connectivity index (χ0v) is 50.2. The average molecular weight is 1040 g/mol. The predicted molar refractivity (Wildman–Crippen MR) is 317 cm³/mol. The maximum Gasteiger partial charge on any atom is 0.180 e. The lowest BCUT2D eigenvalue weighted by atomic mass is 10.1. The van der Waals surface area contributed by atoms with Crippen LogP contribution in [0.25, 0.3) is 0 Å². The van der Waals surface area contributed by atoms with Crippen molar-refractivity contribution in [2.24, 2.45) is 0 Å². The molecule has 2 atom stereocenters. The average Bonchev–Trinajstić information content (AvgIpc) is 3.40. The van der Waals surface area contributed by atoms with Crippen LogP contribution in [0, 0.1) is 0 Å². The van der Waals surface area contributed by atoms with E-state index in [0.29, 0.717) is 13.2 Å². The highest BCUT2D eigenvalue weighted by molar-refractivity contribution is 4.90. The van der Waals surface area contributed by atoms with E-state index in [9.17, 15) is 0 Å². The maximum absolute atomic E-state index is 6.59. The molecule has 0 saturated heterocycles. The normalized spacial score (nSPS) is 13.0. The molecule has 0 spiro atoms. The SMILES string of the molecule is CCCCCCCCCCOC(CCCCC=CC(OCCCCC)OC(C=CCCCCC(OCCCCCCCCCC)OCCCCCCCCCC)OCCCCC)OCCCCCCCCCC. The highest BCUT2D eigenvalue weighted by Gasteiger charge is 2.15. The Labute approximate surface area is 457 Å². The minimum Gasteiger partial charge on any atom is -0.353 e. The Bertz CT molecular complexity index is 928. The standard InChI is InChI=1S/C66H130O7/c1-7-13-19-23-27-31-39-49-59-67-63(68-60-50-40-32-28-24-20-14-8-2)53-43-35-37-45-55-65(71-57-47-17-11-5)73-66(72-58-48-18-12-6)56-46-38-36-44-54-64(69-61-51-41-33-29-25-21-15-9-3)70-62-52-42-34-30-26-22-16-10-4/h45-46,55-56,63-66H,7-44,47-54,57-62H2,1-6H3. The van der Waals surface area contributed by atoms with E-state index in [1.165, 1.54) is 193 Å². The molecule has 0 radical (unpaired) electrons. The molecule has 0 bridgehead atoms. The number of hydrogen-bond donors (Lipinski definition) is 0. The molecule has 7 nitrogen and oxygen atoms in total. The summed E-state index contributed by atoms with van der Waals surface area (Å²) in [6.45, 7) is 18.3. The van der Waals surface area contributed by atoms with Gasteiger partial charge in [-0.3, -0.25) is 0 Å². The van der Waals surface area contributed by atoms with Crippen molar-refractivity contribution in [1.29, 1.82) is 0 Å². The molecule has 0 saturated carbocycles. The Kier molecular flexibility index (Phi) is 63.0. The first-order valence-corrected chi connectivity index (χ1v) is 32.8. The second-order valence-corrected chi connectivity index (χ2v) is 21.7. The zero-order chi connectivity index (χ0) is 52.9. The van der Waals surface area contributed by atoms with E-state index in [-0.39, 0.29) is 12.6 Å². The van der Waals surface area contributed by atoms with Gasteiger partial charge in [0.25, 0.3) is 0 Å². The molecular weight excluding hydrogens is 905 g/mol. The zero-order valence-electron chi connectivity index (χ0n) is 50.2. The minimum absolute atomic E-state index is 0.0920. The molecule has 0 aliphatic heterocycles. The van der Waals surface area contributed by atoms with E-state index < -0.39 is 12.6 Å². The Morgan fingerprint density at radius 2 is 0.452 bits per heavy atom. The molecule has 0 amide bonds. The van der Waals surface area contributed by atoms with Gasteiger partial charge in [-0.05, 0) is 102 Å². The van der Waals surface area contributed by atoms with E-state index in [4.69, 9.17) is 33.2 Å². The first-order chi connectivity index (χ1) is 36.1. The second kappa shape index (κ2) is 63.7. The molecule has 0 aromatic carbocycles. The summed E-state index contributed by atoms with van der Waals surface area (Å²) in [7, 11) is 0. The topological polar surface area (TPSA) is 64.6 Å². The first-order valence-electron chi connectivity index (χ1n) is 32.8. The molecule has 7 heteroatoms. The van der Waals surface area contributed by atoms with Crippen LogP contribution in [0.5, 0.6) is 0 Å². The Morgan fingerprint density at radius 1 is 0.233 bits per heavy atom. The molecule has 0 N–H and O–H groups in total. The largest absolute Gasteiger partial charge is 0.353 e. The Balaban J connectivity index is 5.26. The van der Waals surface area contributed by atoms with Crippen LogP contribution in [0.15, 0.2) is 24.3 Å². The van der Waals surface area contributed by atoms with Gasteiger partial charge in [-0.2, -0.15) is 0 Å². The van der Waals surface area contributed by atoms with Gasteiger partial charge in [-0.1, -0.05) is 259 Å². The van der Waals surface area contributed by atoms with Crippen molar-refractivity contribution >= 4 is 0 Å². The summed E-state index contributed by atoms with van der Waals surface area (Å²) >= 11 is 0. The summed E-state index contributed by atoms with van der Waals surface area (Å²) in [4.78, 5) is 0. The second-order valence-electron chi connectivity index (χ2n) is 21.7. The molecule has 0 fully saturated rings.